The number of aromatic nitrogens is 2. The SMILES string of the molecule is C=Cc1cc(C(CC)CC)nn1C. The van der Waals surface area contributed by atoms with Crippen molar-refractivity contribution in [1.82, 2.24) is 9.78 Å². The lowest BCUT2D eigenvalue weighted by molar-refractivity contribution is 0.603. The van der Waals surface area contributed by atoms with Gasteiger partial charge in [0.05, 0.1) is 11.4 Å². The van der Waals surface area contributed by atoms with E-state index in [1.807, 2.05) is 17.8 Å². The summed E-state index contributed by atoms with van der Waals surface area (Å²) in [5, 5.41) is 4.47. The van der Waals surface area contributed by atoms with Crippen LogP contribution in [0.1, 0.15) is 44.0 Å². The minimum atomic E-state index is 0.597. The van der Waals surface area contributed by atoms with Gasteiger partial charge in [-0.15, -0.1) is 0 Å². The van der Waals surface area contributed by atoms with E-state index in [4.69, 9.17) is 0 Å². The highest BCUT2D eigenvalue weighted by atomic mass is 15.3. The maximum atomic E-state index is 4.47. The highest BCUT2D eigenvalue weighted by Crippen LogP contribution is 2.22. The summed E-state index contributed by atoms with van der Waals surface area (Å²) in [4.78, 5) is 0. The molecule has 0 saturated heterocycles. The molecule has 2 nitrogen and oxygen atoms in total. The van der Waals surface area contributed by atoms with E-state index in [0.29, 0.717) is 5.92 Å². The van der Waals surface area contributed by atoms with Gasteiger partial charge >= 0.3 is 0 Å². The van der Waals surface area contributed by atoms with Crippen molar-refractivity contribution in [1.29, 1.82) is 0 Å². The number of hydrogen-bond acceptors (Lipinski definition) is 1. The van der Waals surface area contributed by atoms with Crippen LogP contribution < -0.4 is 0 Å². The van der Waals surface area contributed by atoms with Gasteiger partial charge in [0.15, 0.2) is 0 Å². The fourth-order valence-corrected chi connectivity index (χ4v) is 1.60. The summed E-state index contributed by atoms with van der Waals surface area (Å²) < 4.78 is 1.89. The average Bonchev–Trinajstić information content (AvgIpc) is 2.49. The molecule has 0 aromatic carbocycles. The summed E-state index contributed by atoms with van der Waals surface area (Å²) >= 11 is 0. The van der Waals surface area contributed by atoms with E-state index in [2.05, 4.69) is 31.6 Å². The van der Waals surface area contributed by atoms with Gasteiger partial charge in [-0.2, -0.15) is 5.10 Å². The molecule has 0 aliphatic heterocycles. The monoisotopic (exact) mass is 178 g/mol. The fourth-order valence-electron chi connectivity index (χ4n) is 1.60. The zero-order chi connectivity index (χ0) is 9.84. The van der Waals surface area contributed by atoms with Gasteiger partial charge in [-0.05, 0) is 25.0 Å². The molecule has 0 saturated carbocycles. The molecular formula is C11H18N2. The molecule has 0 bridgehead atoms. The molecule has 0 amide bonds. The van der Waals surface area contributed by atoms with E-state index in [9.17, 15) is 0 Å². The summed E-state index contributed by atoms with van der Waals surface area (Å²) in [5.74, 6) is 0.597. The molecule has 0 spiro atoms. The molecule has 1 heterocycles. The van der Waals surface area contributed by atoms with Crippen molar-refractivity contribution >= 4 is 6.08 Å². The molecule has 0 aliphatic carbocycles. The Balaban J connectivity index is 2.94. The molecular weight excluding hydrogens is 160 g/mol. The van der Waals surface area contributed by atoms with Crippen molar-refractivity contribution in [3.8, 4) is 0 Å². The van der Waals surface area contributed by atoms with Gasteiger partial charge in [-0.3, -0.25) is 4.68 Å². The van der Waals surface area contributed by atoms with Gasteiger partial charge in [-0.25, -0.2) is 0 Å². The molecule has 1 aromatic heterocycles. The molecule has 13 heavy (non-hydrogen) atoms. The van der Waals surface area contributed by atoms with E-state index < -0.39 is 0 Å². The van der Waals surface area contributed by atoms with Crippen molar-refractivity contribution < 1.29 is 0 Å². The summed E-state index contributed by atoms with van der Waals surface area (Å²) in [6.07, 6.45) is 4.16. The third-order valence-corrected chi connectivity index (χ3v) is 2.55. The van der Waals surface area contributed by atoms with Gasteiger partial charge in [0, 0.05) is 13.0 Å². The highest BCUT2D eigenvalue weighted by molar-refractivity contribution is 5.42. The molecule has 0 radical (unpaired) electrons. The fraction of sp³-hybridized carbons (Fsp3) is 0.545. The zero-order valence-electron chi connectivity index (χ0n) is 8.75. The van der Waals surface area contributed by atoms with Gasteiger partial charge in [0.2, 0.25) is 0 Å². The Labute approximate surface area is 80.3 Å². The van der Waals surface area contributed by atoms with Crippen molar-refractivity contribution in [3.05, 3.63) is 24.0 Å². The van der Waals surface area contributed by atoms with E-state index in [-0.39, 0.29) is 0 Å². The molecule has 0 N–H and O–H groups in total. The maximum Gasteiger partial charge on any atom is 0.0661 e. The Morgan fingerprint density at radius 1 is 1.54 bits per heavy atom. The van der Waals surface area contributed by atoms with Crippen LogP contribution in [0, 0.1) is 0 Å². The van der Waals surface area contributed by atoms with Gasteiger partial charge in [0.1, 0.15) is 0 Å². The first kappa shape index (κ1) is 10.0. The van der Waals surface area contributed by atoms with Crippen LogP contribution in [0.25, 0.3) is 6.08 Å². The summed E-state index contributed by atoms with van der Waals surface area (Å²) in [6.45, 7) is 8.16. The van der Waals surface area contributed by atoms with E-state index in [1.165, 1.54) is 5.69 Å². The first-order valence-corrected chi connectivity index (χ1v) is 4.89. The van der Waals surface area contributed by atoms with E-state index in [0.717, 1.165) is 18.5 Å². The topological polar surface area (TPSA) is 17.8 Å². The Morgan fingerprint density at radius 3 is 2.54 bits per heavy atom. The Hall–Kier alpha value is -1.05. The molecule has 1 rings (SSSR count). The molecule has 0 unspecified atom stereocenters. The van der Waals surface area contributed by atoms with Crippen molar-refractivity contribution in [3.63, 3.8) is 0 Å². The Bertz CT molecular complexity index is 282. The van der Waals surface area contributed by atoms with Crippen LogP contribution in [0.3, 0.4) is 0 Å². The lowest BCUT2D eigenvalue weighted by atomic mass is 9.99. The maximum absolute atomic E-state index is 4.47. The third kappa shape index (κ3) is 2.00. The molecule has 0 aliphatic rings. The normalized spacial score (nSPS) is 10.8. The molecule has 0 fully saturated rings. The van der Waals surface area contributed by atoms with Gasteiger partial charge in [0.25, 0.3) is 0 Å². The summed E-state index contributed by atoms with van der Waals surface area (Å²) in [7, 11) is 1.96. The van der Waals surface area contributed by atoms with Crippen LogP contribution in [0.15, 0.2) is 12.6 Å². The Morgan fingerprint density at radius 2 is 2.15 bits per heavy atom. The smallest absolute Gasteiger partial charge is 0.0661 e. The number of hydrogen-bond donors (Lipinski definition) is 0. The Kier molecular flexibility index (Phi) is 3.29. The number of rotatable bonds is 4. The third-order valence-electron chi connectivity index (χ3n) is 2.55. The van der Waals surface area contributed by atoms with Crippen LogP contribution in [0.5, 0.6) is 0 Å². The predicted molar refractivity (Wildman–Crippen MR) is 56.6 cm³/mol. The van der Waals surface area contributed by atoms with Gasteiger partial charge < -0.3 is 0 Å². The molecule has 1 aromatic rings. The second-order valence-electron chi connectivity index (χ2n) is 3.34. The summed E-state index contributed by atoms with van der Waals surface area (Å²) in [5.41, 5.74) is 2.30. The largest absolute Gasteiger partial charge is 0.268 e. The van der Waals surface area contributed by atoms with Crippen LogP contribution in [-0.2, 0) is 7.05 Å². The summed E-state index contributed by atoms with van der Waals surface area (Å²) in [6, 6.07) is 2.13. The van der Waals surface area contributed by atoms with Gasteiger partial charge in [-0.1, -0.05) is 20.4 Å². The van der Waals surface area contributed by atoms with Crippen molar-refractivity contribution in [2.24, 2.45) is 7.05 Å². The quantitative estimate of drug-likeness (QED) is 0.693. The van der Waals surface area contributed by atoms with E-state index >= 15 is 0 Å². The van der Waals surface area contributed by atoms with Crippen LogP contribution in [0.4, 0.5) is 0 Å². The number of aryl methyl sites for hydroxylation is 1. The second kappa shape index (κ2) is 4.26. The standard InChI is InChI=1S/C11H18N2/c1-5-9(6-2)11-8-10(7-3)13(4)12-11/h7-9H,3,5-6H2,1-2,4H3. The van der Waals surface area contributed by atoms with E-state index in [1.54, 1.807) is 0 Å². The minimum absolute atomic E-state index is 0.597. The number of nitrogens with zero attached hydrogens (tertiary/aromatic N) is 2. The highest BCUT2D eigenvalue weighted by Gasteiger charge is 2.11. The van der Waals surface area contributed by atoms with Crippen molar-refractivity contribution in [2.45, 2.75) is 32.6 Å². The average molecular weight is 178 g/mol. The second-order valence-corrected chi connectivity index (χ2v) is 3.34. The first-order valence-electron chi connectivity index (χ1n) is 4.89. The van der Waals surface area contributed by atoms with Crippen LogP contribution in [-0.4, -0.2) is 9.78 Å². The lowest BCUT2D eigenvalue weighted by Crippen LogP contribution is -1.98. The lowest BCUT2D eigenvalue weighted by Gasteiger charge is -2.07. The molecule has 72 valence electrons. The van der Waals surface area contributed by atoms with Crippen LogP contribution >= 0.6 is 0 Å². The zero-order valence-corrected chi connectivity index (χ0v) is 8.75. The molecule has 2 heteroatoms. The first-order chi connectivity index (χ1) is 6.22. The molecule has 0 atom stereocenters. The van der Waals surface area contributed by atoms with Crippen LogP contribution in [0.2, 0.25) is 0 Å². The predicted octanol–water partition coefficient (Wildman–Crippen LogP) is 2.97. The van der Waals surface area contributed by atoms with Crippen molar-refractivity contribution in [2.75, 3.05) is 0 Å². The minimum Gasteiger partial charge on any atom is -0.268 e.